The summed E-state index contributed by atoms with van der Waals surface area (Å²) < 4.78 is 5.56. The number of nitrogens with one attached hydrogen (secondary N) is 1. The molecule has 1 aliphatic rings. The Labute approximate surface area is 113 Å². The summed E-state index contributed by atoms with van der Waals surface area (Å²) in [4.78, 5) is 0. The second kappa shape index (κ2) is 6.54. The van der Waals surface area contributed by atoms with Gasteiger partial charge in [-0.05, 0) is 37.0 Å². The highest BCUT2D eigenvalue weighted by molar-refractivity contribution is 5.97. The van der Waals surface area contributed by atoms with E-state index in [1.165, 1.54) is 12.0 Å². The molecule has 1 atom stereocenters. The topological polar surface area (TPSA) is 79.9 Å². The van der Waals surface area contributed by atoms with Crippen LogP contribution in [-0.4, -0.2) is 30.3 Å². The second-order valence-electron chi connectivity index (χ2n) is 4.89. The molecule has 1 fully saturated rings. The van der Waals surface area contributed by atoms with Crippen LogP contribution in [0.4, 0.5) is 0 Å². The molecule has 0 aliphatic carbocycles. The number of aryl methyl sites for hydroxylation is 1. The zero-order valence-electron chi connectivity index (χ0n) is 11.2. The molecule has 0 bridgehead atoms. The van der Waals surface area contributed by atoms with Gasteiger partial charge in [0.15, 0.2) is 5.84 Å². The molecule has 1 aliphatic heterocycles. The molecule has 1 aromatic rings. The van der Waals surface area contributed by atoms with E-state index in [-0.39, 0.29) is 5.84 Å². The average molecular weight is 263 g/mol. The molecule has 2 rings (SSSR count). The Hall–Kier alpha value is -1.59. The molecule has 5 nitrogen and oxygen atoms in total. The summed E-state index contributed by atoms with van der Waals surface area (Å²) in [5, 5.41) is 15.1. The van der Waals surface area contributed by atoms with Crippen molar-refractivity contribution in [2.45, 2.75) is 32.4 Å². The van der Waals surface area contributed by atoms with Crippen molar-refractivity contribution in [3.8, 4) is 0 Å². The summed E-state index contributed by atoms with van der Waals surface area (Å²) in [6, 6.07) is 5.80. The Balaban J connectivity index is 1.89. The molecule has 0 radical (unpaired) electrons. The number of oxime groups is 1. The fourth-order valence-corrected chi connectivity index (χ4v) is 2.28. The Morgan fingerprint density at radius 2 is 2.42 bits per heavy atom. The van der Waals surface area contributed by atoms with Crippen LogP contribution in [0.1, 0.15) is 29.5 Å². The van der Waals surface area contributed by atoms with Crippen molar-refractivity contribution in [3.05, 3.63) is 34.9 Å². The largest absolute Gasteiger partial charge is 0.409 e. The second-order valence-corrected chi connectivity index (χ2v) is 4.89. The van der Waals surface area contributed by atoms with Gasteiger partial charge in [0.25, 0.3) is 0 Å². The number of nitrogens with zero attached hydrogens (tertiary/aromatic N) is 1. The van der Waals surface area contributed by atoms with Crippen molar-refractivity contribution in [2.24, 2.45) is 10.9 Å². The first-order chi connectivity index (χ1) is 9.20. The Bertz CT molecular complexity index is 454. The van der Waals surface area contributed by atoms with Crippen LogP contribution in [0, 0.1) is 6.92 Å². The maximum atomic E-state index is 8.65. The van der Waals surface area contributed by atoms with Gasteiger partial charge in [0.05, 0.1) is 6.10 Å². The van der Waals surface area contributed by atoms with E-state index in [9.17, 15) is 0 Å². The third-order valence-electron chi connectivity index (χ3n) is 3.46. The average Bonchev–Trinajstić information content (AvgIpc) is 2.93. The molecule has 0 saturated carbocycles. The van der Waals surface area contributed by atoms with E-state index in [4.69, 9.17) is 15.7 Å². The van der Waals surface area contributed by atoms with Crippen LogP contribution in [0.15, 0.2) is 23.4 Å². The molecule has 5 heteroatoms. The minimum absolute atomic E-state index is 0.141. The number of hydrogen-bond donors (Lipinski definition) is 3. The Morgan fingerprint density at radius 3 is 3.05 bits per heavy atom. The maximum Gasteiger partial charge on any atom is 0.170 e. The number of hydrogen-bond acceptors (Lipinski definition) is 4. The first-order valence-electron chi connectivity index (χ1n) is 6.60. The van der Waals surface area contributed by atoms with Gasteiger partial charge in [-0.1, -0.05) is 17.3 Å². The van der Waals surface area contributed by atoms with Crippen molar-refractivity contribution in [1.29, 1.82) is 0 Å². The highest BCUT2D eigenvalue weighted by Gasteiger charge is 2.14. The minimum Gasteiger partial charge on any atom is -0.409 e. The molecule has 0 spiro atoms. The molecule has 1 heterocycles. The third-order valence-corrected chi connectivity index (χ3v) is 3.46. The monoisotopic (exact) mass is 263 g/mol. The number of benzene rings is 1. The standard InChI is InChI=1S/C14H21N3O2/c1-10-7-11(14(15)17-18)4-5-12(10)8-16-9-13-3-2-6-19-13/h4-5,7,13,16,18H,2-3,6,8-9H2,1H3,(H2,15,17). The van der Waals surface area contributed by atoms with Gasteiger partial charge in [0.2, 0.25) is 0 Å². The summed E-state index contributed by atoms with van der Waals surface area (Å²) >= 11 is 0. The number of ether oxygens (including phenoxy) is 1. The zero-order valence-corrected chi connectivity index (χ0v) is 11.2. The number of rotatable bonds is 5. The Kier molecular flexibility index (Phi) is 4.76. The summed E-state index contributed by atoms with van der Waals surface area (Å²) in [5.41, 5.74) is 8.65. The predicted molar refractivity (Wildman–Crippen MR) is 74.4 cm³/mol. The first-order valence-corrected chi connectivity index (χ1v) is 6.60. The normalized spacial score (nSPS) is 19.8. The zero-order chi connectivity index (χ0) is 13.7. The van der Waals surface area contributed by atoms with Gasteiger partial charge in [-0.3, -0.25) is 0 Å². The molecule has 4 N–H and O–H groups in total. The number of nitrogens with two attached hydrogens (primary N) is 1. The molecule has 1 unspecified atom stereocenters. The molecule has 1 aromatic carbocycles. The lowest BCUT2D eigenvalue weighted by Gasteiger charge is -2.12. The van der Waals surface area contributed by atoms with Crippen LogP contribution in [0.5, 0.6) is 0 Å². The third kappa shape index (κ3) is 3.68. The molecule has 0 aromatic heterocycles. The highest BCUT2D eigenvalue weighted by atomic mass is 16.5. The first kappa shape index (κ1) is 13.8. The molecule has 104 valence electrons. The summed E-state index contributed by atoms with van der Waals surface area (Å²) in [6.07, 6.45) is 2.67. The lowest BCUT2D eigenvalue weighted by Crippen LogP contribution is -2.26. The molecular formula is C14H21N3O2. The van der Waals surface area contributed by atoms with Crippen LogP contribution in [0.25, 0.3) is 0 Å². The van der Waals surface area contributed by atoms with Crippen LogP contribution in [0.3, 0.4) is 0 Å². The van der Waals surface area contributed by atoms with Gasteiger partial charge in [0.1, 0.15) is 0 Å². The quantitative estimate of drug-likeness (QED) is 0.324. The van der Waals surface area contributed by atoms with E-state index in [2.05, 4.69) is 10.5 Å². The van der Waals surface area contributed by atoms with Crippen molar-refractivity contribution < 1.29 is 9.94 Å². The van der Waals surface area contributed by atoms with Crippen LogP contribution in [-0.2, 0) is 11.3 Å². The van der Waals surface area contributed by atoms with E-state index in [0.29, 0.717) is 6.10 Å². The molecule has 19 heavy (non-hydrogen) atoms. The van der Waals surface area contributed by atoms with Gasteiger partial charge >= 0.3 is 0 Å². The molecular weight excluding hydrogens is 242 g/mol. The van der Waals surface area contributed by atoms with Gasteiger partial charge in [-0.2, -0.15) is 0 Å². The van der Waals surface area contributed by atoms with Crippen molar-refractivity contribution in [2.75, 3.05) is 13.2 Å². The van der Waals surface area contributed by atoms with Crippen LogP contribution < -0.4 is 11.1 Å². The van der Waals surface area contributed by atoms with E-state index >= 15 is 0 Å². The maximum absolute atomic E-state index is 8.65. The molecule has 1 saturated heterocycles. The van der Waals surface area contributed by atoms with Crippen LogP contribution in [0.2, 0.25) is 0 Å². The smallest absolute Gasteiger partial charge is 0.170 e. The summed E-state index contributed by atoms with van der Waals surface area (Å²) in [7, 11) is 0. The van der Waals surface area contributed by atoms with Crippen molar-refractivity contribution in [3.63, 3.8) is 0 Å². The lowest BCUT2D eigenvalue weighted by molar-refractivity contribution is 0.110. The number of amidine groups is 1. The highest BCUT2D eigenvalue weighted by Crippen LogP contribution is 2.13. The van der Waals surface area contributed by atoms with E-state index in [0.717, 1.165) is 37.2 Å². The van der Waals surface area contributed by atoms with Crippen molar-refractivity contribution in [1.82, 2.24) is 5.32 Å². The van der Waals surface area contributed by atoms with Crippen molar-refractivity contribution >= 4 is 5.84 Å². The van der Waals surface area contributed by atoms with Gasteiger partial charge in [-0.15, -0.1) is 0 Å². The summed E-state index contributed by atoms with van der Waals surface area (Å²) in [6.45, 7) is 4.61. The fourth-order valence-electron chi connectivity index (χ4n) is 2.28. The van der Waals surface area contributed by atoms with Gasteiger partial charge in [0, 0.05) is 25.3 Å². The SMILES string of the molecule is Cc1cc(/C(N)=N/O)ccc1CNCC1CCCO1. The van der Waals surface area contributed by atoms with E-state index in [1.807, 2.05) is 25.1 Å². The molecule has 0 amide bonds. The lowest BCUT2D eigenvalue weighted by atomic mass is 10.0. The summed E-state index contributed by atoms with van der Waals surface area (Å²) in [5.74, 6) is 0.141. The van der Waals surface area contributed by atoms with E-state index in [1.54, 1.807) is 0 Å². The predicted octanol–water partition coefficient (Wildman–Crippen LogP) is 1.36. The van der Waals surface area contributed by atoms with Gasteiger partial charge < -0.3 is 21.0 Å². The van der Waals surface area contributed by atoms with E-state index < -0.39 is 0 Å². The van der Waals surface area contributed by atoms with Crippen LogP contribution >= 0.6 is 0 Å². The fraction of sp³-hybridized carbons (Fsp3) is 0.500. The van der Waals surface area contributed by atoms with Gasteiger partial charge in [-0.25, -0.2) is 0 Å². The Morgan fingerprint density at radius 1 is 1.58 bits per heavy atom. The minimum atomic E-state index is 0.141.